The van der Waals surface area contributed by atoms with Crippen LogP contribution in [-0.4, -0.2) is 57.0 Å². The monoisotopic (exact) mass is 540 g/mol. The molecule has 0 amide bonds. The largest absolute Gasteiger partial charge is 0.417 e. The molecule has 0 spiro atoms. The van der Waals surface area contributed by atoms with Gasteiger partial charge in [0.1, 0.15) is 6.10 Å². The summed E-state index contributed by atoms with van der Waals surface area (Å²) in [5.74, 6) is -1.94. The highest BCUT2D eigenvalue weighted by molar-refractivity contribution is 7.89. The van der Waals surface area contributed by atoms with Crippen LogP contribution >= 0.6 is 0 Å². The SMILES string of the molecule is O=S(=O)(c1ccccc1C(F)(F)F)N1CCN(CCO[C@@H](c2ccccc2)c2ccc(F)c(F)c2)CC1. The molecule has 0 radical (unpaired) electrons. The molecule has 1 saturated heterocycles. The van der Waals surface area contributed by atoms with Crippen LogP contribution in [-0.2, 0) is 20.9 Å². The van der Waals surface area contributed by atoms with E-state index in [2.05, 4.69) is 0 Å². The molecule has 37 heavy (non-hydrogen) atoms. The number of benzene rings is 3. The molecule has 0 aliphatic carbocycles. The van der Waals surface area contributed by atoms with Crippen molar-refractivity contribution < 1.29 is 35.1 Å². The van der Waals surface area contributed by atoms with Crippen molar-refractivity contribution >= 4 is 10.0 Å². The van der Waals surface area contributed by atoms with Gasteiger partial charge in [-0.15, -0.1) is 0 Å². The first kappa shape index (κ1) is 27.2. The molecule has 198 valence electrons. The summed E-state index contributed by atoms with van der Waals surface area (Å²) in [7, 11) is -4.32. The number of sulfonamides is 1. The molecule has 1 atom stereocenters. The van der Waals surface area contributed by atoms with Gasteiger partial charge in [0, 0.05) is 32.7 Å². The molecule has 1 fully saturated rings. The molecule has 4 rings (SSSR count). The van der Waals surface area contributed by atoms with Crippen LogP contribution < -0.4 is 0 Å². The van der Waals surface area contributed by atoms with Gasteiger partial charge in [0.15, 0.2) is 11.6 Å². The van der Waals surface area contributed by atoms with E-state index in [0.29, 0.717) is 25.2 Å². The van der Waals surface area contributed by atoms with Crippen molar-refractivity contribution in [2.45, 2.75) is 17.2 Å². The van der Waals surface area contributed by atoms with Crippen molar-refractivity contribution in [2.24, 2.45) is 0 Å². The van der Waals surface area contributed by atoms with Gasteiger partial charge in [-0.3, -0.25) is 4.90 Å². The Kier molecular flexibility index (Phi) is 8.27. The maximum atomic E-state index is 13.9. The van der Waals surface area contributed by atoms with Crippen LogP contribution in [0.5, 0.6) is 0 Å². The van der Waals surface area contributed by atoms with Gasteiger partial charge in [0.2, 0.25) is 10.0 Å². The van der Waals surface area contributed by atoms with Crippen LogP contribution in [0.25, 0.3) is 0 Å². The van der Waals surface area contributed by atoms with Crippen molar-refractivity contribution in [1.29, 1.82) is 0 Å². The Hall–Kier alpha value is -2.86. The van der Waals surface area contributed by atoms with E-state index in [4.69, 9.17) is 4.74 Å². The number of hydrogen-bond acceptors (Lipinski definition) is 4. The summed E-state index contributed by atoms with van der Waals surface area (Å²) in [5.41, 5.74) is 0.0205. The first-order valence-electron chi connectivity index (χ1n) is 11.6. The van der Waals surface area contributed by atoms with Gasteiger partial charge in [0.05, 0.1) is 17.1 Å². The normalized spacial score (nSPS) is 16.6. The van der Waals surface area contributed by atoms with Gasteiger partial charge in [-0.05, 0) is 35.4 Å². The van der Waals surface area contributed by atoms with Gasteiger partial charge < -0.3 is 4.74 Å². The predicted molar refractivity (Wildman–Crippen MR) is 127 cm³/mol. The van der Waals surface area contributed by atoms with Crippen LogP contribution in [0.3, 0.4) is 0 Å². The second-order valence-electron chi connectivity index (χ2n) is 8.57. The summed E-state index contributed by atoms with van der Waals surface area (Å²) in [4.78, 5) is 1.19. The summed E-state index contributed by atoms with van der Waals surface area (Å²) >= 11 is 0. The zero-order chi connectivity index (χ0) is 26.6. The number of halogens is 5. The molecule has 1 heterocycles. The Morgan fingerprint density at radius 2 is 1.46 bits per heavy atom. The molecule has 11 heteroatoms. The van der Waals surface area contributed by atoms with Crippen LogP contribution in [0.1, 0.15) is 22.8 Å². The van der Waals surface area contributed by atoms with E-state index in [1.54, 1.807) is 0 Å². The summed E-state index contributed by atoms with van der Waals surface area (Å²) in [6.07, 6.45) is -5.43. The molecule has 1 aliphatic rings. The minimum Gasteiger partial charge on any atom is -0.367 e. The van der Waals surface area contributed by atoms with E-state index in [1.807, 2.05) is 35.2 Å². The topological polar surface area (TPSA) is 49.9 Å². The van der Waals surface area contributed by atoms with Crippen molar-refractivity contribution in [3.63, 3.8) is 0 Å². The average Bonchev–Trinajstić information content (AvgIpc) is 2.89. The third kappa shape index (κ3) is 6.35. The van der Waals surface area contributed by atoms with Gasteiger partial charge >= 0.3 is 6.18 Å². The number of ether oxygens (including phenoxy) is 1. The molecule has 0 saturated carbocycles. The fourth-order valence-electron chi connectivity index (χ4n) is 4.25. The summed E-state index contributed by atoms with van der Waals surface area (Å²) in [5, 5.41) is 0. The zero-order valence-corrected chi connectivity index (χ0v) is 20.5. The highest BCUT2D eigenvalue weighted by atomic mass is 32.2. The molecule has 1 aliphatic heterocycles. The molecule has 3 aromatic carbocycles. The summed E-state index contributed by atoms with van der Waals surface area (Å²) < 4.78 is 100. The molecule has 3 aromatic rings. The Morgan fingerprint density at radius 1 is 0.811 bits per heavy atom. The lowest BCUT2D eigenvalue weighted by Crippen LogP contribution is -2.49. The maximum Gasteiger partial charge on any atom is 0.417 e. The maximum absolute atomic E-state index is 13.9. The van der Waals surface area contributed by atoms with E-state index in [9.17, 15) is 30.4 Å². The highest BCUT2D eigenvalue weighted by Crippen LogP contribution is 2.35. The second-order valence-corrected chi connectivity index (χ2v) is 10.5. The summed E-state index contributed by atoms with van der Waals surface area (Å²) in [6.45, 7) is 1.29. The van der Waals surface area contributed by atoms with Crippen LogP contribution in [0, 0.1) is 11.6 Å². The lowest BCUT2D eigenvalue weighted by Gasteiger charge is -2.34. The first-order valence-corrected chi connectivity index (χ1v) is 13.0. The van der Waals surface area contributed by atoms with Crippen LogP contribution in [0.15, 0.2) is 77.7 Å². The minimum atomic E-state index is -4.79. The number of nitrogens with zero attached hydrogens (tertiary/aromatic N) is 2. The average molecular weight is 541 g/mol. The molecule has 0 unspecified atom stereocenters. The van der Waals surface area contributed by atoms with E-state index in [-0.39, 0.29) is 19.7 Å². The number of piperazine rings is 1. The van der Waals surface area contributed by atoms with E-state index >= 15 is 0 Å². The fourth-order valence-corrected chi connectivity index (χ4v) is 5.88. The van der Waals surface area contributed by atoms with E-state index in [1.165, 1.54) is 12.1 Å². The lowest BCUT2D eigenvalue weighted by molar-refractivity contribution is -0.139. The van der Waals surface area contributed by atoms with E-state index in [0.717, 1.165) is 40.2 Å². The highest BCUT2D eigenvalue weighted by Gasteiger charge is 2.39. The molecule has 0 N–H and O–H groups in total. The van der Waals surface area contributed by atoms with Crippen molar-refractivity contribution in [2.75, 3.05) is 39.3 Å². The van der Waals surface area contributed by atoms with Crippen molar-refractivity contribution in [1.82, 2.24) is 9.21 Å². The first-order chi connectivity index (χ1) is 17.6. The lowest BCUT2D eigenvalue weighted by atomic mass is 10.0. The Labute approximate surface area is 212 Å². The zero-order valence-electron chi connectivity index (χ0n) is 19.7. The third-order valence-electron chi connectivity index (χ3n) is 6.18. The Morgan fingerprint density at radius 3 is 2.11 bits per heavy atom. The number of hydrogen-bond donors (Lipinski definition) is 0. The third-order valence-corrected chi connectivity index (χ3v) is 8.14. The van der Waals surface area contributed by atoms with Crippen molar-refractivity contribution in [3.05, 3.63) is 101 Å². The number of rotatable bonds is 8. The summed E-state index contributed by atoms with van der Waals surface area (Å²) in [6, 6.07) is 16.8. The smallest absolute Gasteiger partial charge is 0.367 e. The molecular formula is C26H25F5N2O3S. The quantitative estimate of drug-likeness (QED) is 0.374. The number of alkyl halides is 3. The van der Waals surface area contributed by atoms with E-state index < -0.39 is 44.4 Å². The minimum absolute atomic E-state index is 0.0276. The Bertz CT molecular complexity index is 1310. The predicted octanol–water partition coefficient (Wildman–Crippen LogP) is 5.10. The van der Waals surface area contributed by atoms with Gasteiger partial charge in [-0.1, -0.05) is 48.5 Å². The molecule has 0 aromatic heterocycles. The van der Waals surface area contributed by atoms with Crippen LogP contribution in [0.4, 0.5) is 22.0 Å². The standard InChI is InChI=1S/C26H25F5N2O3S/c27-22-11-10-20(18-23(22)28)25(19-6-2-1-3-7-19)36-17-16-32-12-14-33(15-13-32)37(34,35)24-9-5-4-8-21(24)26(29,30)31/h1-11,18,25H,12-17H2/t25-/m0/s1. The van der Waals surface area contributed by atoms with Gasteiger partial charge in [0.25, 0.3) is 0 Å². The van der Waals surface area contributed by atoms with Gasteiger partial charge in [-0.25, -0.2) is 17.2 Å². The van der Waals surface area contributed by atoms with Gasteiger partial charge in [-0.2, -0.15) is 17.5 Å². The van der Waals surface area contributed by atoms with Crippen molar-refractivity contribution in [3.8, 4) is 0 Å². The molecular weight excluding hydrogens is 515 g/mol. The molecule has 0 bridgehead atoms. The Balaban J connectivity index is 1.38. The fraction of sp³-hybridized carbons (Fsp3) is 0.308. The molecule has 5 nitrogen and oxygen atoms in total. The van der Waals surface area contributed by atoms with Crippen LogP contribution in [0.2, 0.25) is 0 Å². The second kappa shape index (κ2) is 11.3.